The van der Waals surface area contributed by atoms with Crippen LogP contribution in [0.5, 0.6) is 0 Å². The molecule has 1 fully saturated rings. The summed E-state index contributed by atoms with van der Waals surface area (Å²) in [5.41, 5.74) is 10.8. The van der Waals surface area contributed by atoms with Gasteiger partial charge in [0, 0.05) is 21.1 Å². The van der Waals surface area contributed by atoms with E-state index >= 15 is 0 Å². The van der Waals surface area contributed by atoms with E-state index < -0.39 is 0 Å². The molecular weight excluding hydrogens is 295 g/mol. The Morgan fingerprint density at radius 3 is 2.22 bits per heavy atom. The van der Waals surface area contributed by atoms with E-state index in [1.807, 2.05) is 0 Å². The van der Waals surface area contributed by atoms with Gasteiger partial charge in [0.15, 0.2) is 0 Å². The third-order valence-electron chi connectivity index (χ3n) is 1.94. The third kappa shape index (κ3) is 2.03. The van der Waals surface area contributed by atoms with E-state index in [1.54, 1.807) is 0 Å². The van der Waals surface area contributed by atoms with Crippen LogP contribution in [0.3, 0.4) is 0 Å². The molecule has 1 aliphatic carbocycles. The second kappa shape index (κ2) is 4.43. The van der Waals surface area contributed by atoms with E-state index in [9.17, 15) is 0 Å². The summed E-state index contributed by atoms with van der Waals surface area (Å²) < 4.78 is 0. The van der Waals surface area contributed by atoms with Crippen LogP contribution < -0.4 is 11.5 Å². The van der Waals surface area contributed by atoms with Crippen LogP contribution in [-0.4, -0.2) is 13.1 Å². The van der Waals surface area contributed by atoms with Crippen LogP contribution in [0.15, 0.2) is 0 Å². The molecule has 0 aliphatic heterocycles. The molecule has 4 N–H and O–H groups in total. The second-order valence-corrected chi connectivity index (χ2v) is 2.33. The zero-order valence-electron chi connectivity index (χ0n) is 5.38. The number of hydrogen-bond donors (Lipinski definition) is 2. The maximum absolute atomic E-state index is 5.42. The van der Waals surface area contributed by atoms with Crippen LogP contribution in [0.4, 0.5) is 0 Å². The van der Waals surface area contributed by atoms with Gasteiger partial charge in [-0.15, -0.1) is 13.0 Å². The monoisotopic (exact) mass is 308 g/mol. The average molecular weight is 308 g/mol. The van der Waals surface area contributed by atoms with E-state index in [-0.39, 0.29) is 21.1 Å². The van der Waals surface area contributed by atoms with Crippen molar-refractivity contribution in [3.05, 3.63) is 5.92 Å². The van der Waals surface area contributed by atoms with Crippen molar-refractivity contribution in [2.75, 3.05) is 13.1 Å². The van der Waals surface area contributed by atoms with Crippen molar-refractivity contribution in [1.29, 1.82) is 0 Å². The van der Waals surface area contributed by atoms with Crippen molar-refractivity contribution in [3.8, 4) is 0 Å². The second-order valence-electron chi connectivity index (χ2n) is 2.33. The Labute approximate surface area is 70.6 Å². The minimum Gasteiger partial charge on any atom is -0.360 e. The van der Waals surface area contributed by atoms with Gasteiger partial charge in [-0.3, -0.25) is 5.92 Å². The maximum Gasteiger partial charge on any atom is 0 e. The molecule has 0 radical (unpaired) electrons. The summed E-state index contributed by atoms with van der Waals surface area (Å²) in [5, 5.41) is 0. The van der Waals surface area contributed by atoms with Crippen molar-refractivity contribution >= 4 is 0 Å². The molecule has 58 valence electrons. The van der Waals surface area contributed by atoms with Crippen LogP contribution in [0.1, 0.15) is 12.8 Å². The van der Waals surface area contributed by atoms with Gasteiger partial charge in [0.05, 0.1) is 0 Å². The molecule has 0 saturated heterocycles. The summed E-state index contributed by atoms with van der Waals surface area (Å²) in [6.45, 7) is 1.55. The summed E-state index contributed by atoms with van der Waals surface area (Å²) in [4.78, 5) is 0. The van der Waals surface area contributed by atoms with Crippen LogP contribution in [0, 0.1) is 11.8 Å². The molecule has 1 unspecified atom stereocenters. The van der Waals surface area contributed by atoms with Crippen molar-refractivity contribution < 1.29 is 21.1 Å². The molecular formula is C6H13N2Pt-. The quantitative estimate of drug-likeness (QED) is 0.699. The van der Waals surface area contributed by atoms with Gasteiger partial charge in [-0.1, -0.05) is 0 Å². The summed E-state index contributed by atoms with van der Waals surface area (Å²) in [6.07, 6.45) is 2.49. The fraction of sp³-hybridized carbons (Fsp3) is 0.833. The molecule has 0 heterocycles. The van der Waals surface area contributed by atoms with Crippen LogP contribution in [0.25, 0.3) is 0 Å². The van der Waals surface area contributed by atoms with Crippen molar-refractivity contribution in [2.24, 2.45) is 17.4 Å². The third-order valence-corrected chi connectivity index (χ3v) is 1.94. The average Bonchev–Trinajstić information content (AvgIpc) is 1.66. The van der Waals surface area contributed by atoms with Gasteiger partial charge >= 0.3 is 0 Å². The molecule has 2 nitrogen and oxygen atoms in total. The van der Waals surface area contributed by atoms with Crippen LogP contribution in [-0.2, 0) is 21.1 Å². The molecule has 0 amide bonds. The minimum atomic E-state index is 0. The molecule has 0 spiro atoms. The Morgan fingerprint density at radius 1 is 1.44 bits per heavy atom. The van der Waals surface area contributed by atoms with Gasteiger partial charge in [0.25, 0.3) is 0 Å². The minimum absolute atomic E-state index is 0. The first-order valence-electron chi connectivity index (χ1n) is 3.13. The predicted octanol–water partition coefficient (Wildman–Crippen LogP) is -0.114. The smallest absolute Gasteiger partial charge is 0 e. The topological polar surface area (TPSA) is 52.0 Å². The molecule has 0 aromatic heterocycles. The zero-order valence-corrected chi connectivity index (χ0v) is 7.65. The molecule has 1 saturated carbocycles. The van der Waals surface area contributed by atoms with E-state index in [0.717, 1.165) is 13.1 Å². The van der Waals surface area contributed by atoms with Crippen molar-refractivity contribution in [3.63, 3.8) is 0 Å². The molecule has 1 aliphatic rings. The fourth-order valence-corrected chi connectivity index (χ4v) is 1.11. The zero-order chi connectivity index (χ0) is 5.98. The van der Waals surface area contributed by atoms with Gasteiger partial charge < -0.3 is 11.5 Å². The molecule has 1 atom stereocenters. The Morgan fingerprint density at radius 2 is 2.11 bits per heavy atom. The molecule has 0 bridgehead atoms. The Bertz CT molecular complexity index is 63.5. The van der Waals surface area contributed by atoms with Crippen molar-refractivity contribution in [2.45, 2.75) is 12.8 Å². The largest absolute Gasteiger partial charge is 0.360 e. The van der Waals surface area contributed by atoms with Crippen LogP contribution in [0.2, 0.25) is 0 Å². The first kappa shape index (κ1) is 9.61. The summed E-state index contributed by atoms with van der Waals surface area (Å²) in [6, 6.07) is 0. The molecule has 9 heavy (non-hydrogen) atoms. The van der Waals surface area contributed by atoms with E-state index in [0.29, 0.717) is 5.92 Å². The van der Waals surface area contributed by atoms with Crippen LogP contribution >= 0.6 is 0 Å². The summed E-state index contributed by atoms with van der Waals surface area (Å²) in [5.74, 6) is 2.13. The van der Waals surface area contributed by atoms with Gasteiger partial charge in [0.2, 0.25) is 0 Å². The molecule has 0 aromatic rings. The Hall–Kier alpha value is 0.608. The normalized spacial score (nSPS) is 26.7. The van der Waals surface area contributed by atoms with E-state index in [2.05, 4.69) is 0 Å². The summed E-state index contributed by atoms with van der Waals surface area (Å²) in [7, 11) is 0. The Kier molecular flexibility index (Phi) is 4.73. The number of hydrogen-bond acceptors (Lipinski definition) is 2. The number of nitrogens with two attached hydrogens (primary N) is 2. The maximum atomic E-state index is 5.42. The molecule has 1 rings (SSSR count). The number of rotatable bonds is 2. The van der Waals surface area contributed by atoms with Gasteiger partial charge in [-0.2, -0.15) is 12.3 Å². The van der Waals surface area contributed by atoms with E-state index in [4.69, 9.17) is 11.5 Å². The summed E-state index contributed by atoms with van der Waals surface area (Å²) >= 11 is 0. The first-order chi connectivity index (χ1) is 3.88. The standard InChI is InChI=1S/C6H13N2.Pt/c7-3-5-1-2-6(5)4-8;/h5H,1-4,7-8H2;/q-1;. The van der Waals surface area contributed by atoms with Gasteiger partial charge in [-0.25, -0.2) is 0 Å². The van der Waals surface area contributed by atoms with E-state index in [1.165, 1.54) is 18.8 Å². The predicted molar refractivity (Wildman–Crippen MR) is 34.1 cm³/mol. The van der Waals surface area contributed by atoms with Crippen molar-refractivity contribution in [1.82, 2.24) is 0 Å². The molecule has 3 heteroatoms. The van der Waals surface area contributed by atoms with Gasteiger partial charge in [0.1, 0.15) is 0 Å². The molecule has 0 aromatic carbocycles. The Balaban J connectivity index is 0.000000640. The first-order valence-corrected chi connectivity index (χ1v) is 3.13. The SMILES string of the molecule is NC[C-]1CCC1CN.[Pt]. The van der Waals surface area contributed by atoms with Gasteiger partial charge in [-0.05, 0) is 6.54 Å². The fourth-order valence-electron chi connectivity index (χ4n) is 1.11.